The number of primary amides is 1. The molecule has 1 saturated heterocycles. The van der Waals surface area contributed by atoms with Crippen LogP contribution in [0.4, 0.5) is 13.2 Å². The van der Waals surface area contributed by atoms with Crippen molar-refractivity contribution in [1.82, 2.24) is 9.88 Å². The summed E-state index contributed by atoms with van der Waals surface area (Å²) in [6.45, 7) is -0.901. The Bertz CT molecular complexity index is 606. The molecule has 1 aliphatic heterocycles. The van der Waals surface area contributed by atoms with Crippen LogP contribution in [-0.4, -0.2) is 48.1 Å². The first kappa shape index (κ1) is 17.0. The van der Waals surface area contributed by atoms with E-state index < -0.39 is 36.4 Å². The highest BCUT2D eigenvalue weighted by molar-refractivity contribution is 5.82. The number of carbonyl (C=O) groups excluding carboxylic acids is 2. The molecule has 0 spiro atoms. The van der Waals surface area contributed by atoms with E-state index >= 15 is 0 Å². The van der Waals surface area contributed by atoms with Gasteiger partial charge in [-0.05, 0) is 6.07 Å². The average molecular weight is 331 g/mol. The highest BCUT2D eigenvalue weighted by Gasteiger charge is 2.52. The van der Waals surface area contributed by atoms with Crippen molar-refractivity contribution in [3.05, 3.63) is 23.9 Å². The Kier molecular flexibility index (Phi) is 4.76. The van der Waals surface area contributed by atoms with Crippen molar-refractivity contribution >= 4 is 11.8 Å². The van der Waals surface area contributed by atoms with Crippen LogP contribution < -0.4 is 10.5 Å². The van der Waals surface area contributed by atoms with Crippen LogP contribution in [0.3, 0.4) is 0 Å². The van der Waals surface area contributed by atoms with Gasteiger partial charge in [-0.15, -0.1) is 0 Å². The maximum absolute atomic E-state index is 13.0. The van der Waals surface area contributed by atoms with Crippen LogP contribution in [0.5, 0.6) is 5.88 Å². The lowest BCUT2D eigenvalue weighted by molar-refractivity contribution is -0.182. The lowest BCUT2D eigenvalue weighted by atomic mass is 9.95. The quantitative estimate of drug-likeness (QED) is 0.882. The second-order valence-corrected chi connectivity index (χ2v) is 5.30. The summed E-state index contributed by atoms with van der Waals surface area (Å²) in [5, 5.41) is 0. The molecule has 0 unspecified atom stereocenters. The molecule has 2 atom stereocenters. The standard InChI is InChI=1S/C14H16F3N3O3/c1-23-11-4-2-3-8(19-11)5-12(21)20-6-9(13(18)22)10(7-20)14(15,16)17/h2-4,9-10H,5-7H2,1H3,(H2,18,22)/t9-,10-/m1/s1. The highest BCUT2D eigenvalue weighted by Crippen LogP contribution is 2.37. The first-order chi connectivity index (χ1) is 10.7. The summed E-state index contributed by atoms with van der Waals surface area (Å²) in [7, 11) is 1.42. The number of methoxy groups -OCH3 is 1. The summed E-state index contributed by atoms with van der Waals surface area (Å²) in [5.41, 5.74) is 5.41. The SMILES string of the molecule is COc1cccc(CC(=O)N2C[C@@H](C(F)(F)F)[C@H](C(N)=O)C2)n1. The van der Waals surface area contributed by atoms with Gasteiger partial charge < -0.3 is 15.4 Å². The average Bonchev–Trinajstić information content (AvgIpc) is 2.93. The molecule has 1 aliphatic rings. The molecule has 1 aromatic rings. The molecule has 126 valence electrons. The number of aromatic nitrogens is 1. The number of alkyl halides is 3. The van der Waals surface area contributed by atoms with E-state index in [9.17, 15) is 22.8 Å². The minimum absolute atomic E-state index is 0.173. The van der Waals surface area contributed by atoms with Crippen molar-refractivity contribution in [3.63, 3.8) is 0 Å². The van der Waals surface area contributed by atoms with Crippen LogP contribution in [0.2, 0.25) is 0 Å². The third-order valence-electron chi connectivity index (χ3n) is 3.78. The first-order valence-corrected chi connectivity index (χ1v) is 6.86. The molecule has 0 bridgehead atoms. The molecule has 2 heterocycles. The summed E-state index contributed by atoms with van der Waals surface area (Å²) < 4.78 is 43.8. The number of pyridine rings is 1. The Morgan fingerprint density at radius 2 is 2.09 bits per heavy atom. The summed E-state index contributed by atoms with van der Waals surface area (Å²) in [6.07, 6.45) is -4.75. The van der Waals surface area contributed by atoms with Gasteiger partial charge in [-0.1, -0.05) is 6.07 Å². The minimum Gasteiger partial charge on any atom is -0.481 e. The van der Waals surface area contributed by atoms with Crippen molar-refractivity contribution in [2.45, 2.75) is 12.6 Å². The third-order valence-corrected chi connectivity index (χ3v) is 3.78. The van der Waals surface area contributed by atoms with Gasteiger partial charge in [0.1, 0.15) is 0 Å². The topological polar surface area (TPSA) is 85.5 Å². The molecule has 1 aromatic heterocycles. The Hall–Kier alpha value is -2.32. The van der Waals surface area contributed by atoms with E-state index in [1.165, 1.54) is 7.11 Å². The van der Waals surface area contributed by atoms with Gasteiger partial charge in [-0.2, -0.15) is 13.2 Å². The fraction of sp³-hybridized carbons (Fsp3) is 0.500. The van der Waals surface area contributed by atoms with E-state index in [4.69, 9.17) is 10.5 Å². The number of hydrogen-bond acceptors (Lipinski definition) is 4. The number of ether oxygens (including phenoxy) is 1. The molecule has 0 aromatic carbocycles. The molecule has 2 amide bonds. The van der Waals surface area contributed by atoms with E-state index in [2.05, 4.69) is 4.98 Å². The number of nitrogens with zero attached hydrogens (tertiary/aromatic N) is 2. The lowest BCUT2D eigenvalue weighted by Crippen LogP contribution is -2.37. The zero-order chi connectivity index (χ0) is 17.2. The maximum Gasteiger partial charge on any atom is 0.394 e. The normalized spacial score (nSPS) is 21.3. The third kappa shape index (κ3) is 3.91. The summed E-state index contributed by atoms with van der Waals surface area (Å²) >= 11 is 0. The van der Waals surface area contributed by atoms with E-state index in [0.29, 0.717) is 11.6 Å². The number of likely N-dealkylation sites (tertiary alicyclic amines) is 1. The second kappa shape index (κ2) is 6.43. The molecular formula is C14H16F3N3O3. The Labute approximate surface area is 130 Å². The maximum atomic E-state index is 13.0. The zero-order valence-electron chi connectivity index (χ0n) is 12.3. The van der Waals surface area contributed by atoms with Crippen molar-refractivity contribution in [2.75, 3.05) is 20.2 Å². The van der Waals surface area contributed by atoms with Gasteiger partial charge in [0.05, 0.1) is 31.1 Å². The van der Waals surface area contributed by atoms with Crippen LogP contribution >= 0.6 is 0 Å². The Morgan fingerprint density at radius 1 is 1.39 bits per heavy atom. The van der Waals surface area contributed by atoms with Crippen molar-refractivity contribution in [3.8, 4) is 5.88 Å². The highest BCUT2D eigenvalue weighted by atomic mass is 19.4. The van der Waals surface area contributed by atoms with Crippen LogP contribution in [0.15, 0.2) is 18.2 Å². The van der Waals surface area contributed by atoms with Crippen molar-refractivity contribution in [1.29, 1.82) is 0 Å². The fourth-order valence-electron chi connectivity index (χ4n) is 2.56. The molecule has 0 saturated carbocycles. The molecule has 6 nitrogen and oxygen atoms in total. The fourth-order valence-corrected chi connectivity index (χ4v) is 2.56. The van der Waals surface area contributed by atoms with E-state index in [-0.39, 0.29) is 13.0 Å². The van der Waals surface area contributed by atoms with Crippen LogP contribution in [0.25, 0.3) is 0 Å². The van der Waals surface area contributed by atoms with E-state index in [0.717, 1.165) is 4.90 Å². The summed E-state index contributed by atoms with van der Waals surface area (Å²) in [4.78, 5) is 28.5. The Morgan fingerprint density at radius 3 is 2.61 bits per heavy atom. The molecule has 0 radical (unpaired) electrons. The molecule has 0 aliphatic carbocycles. The molecule has 23 heavy (non-hydrogen) atoms. The molecule has 9 heteroatoms. The first-order valence-electron chi connectivity index (χ1n) is 6.86. The monoisotopic (exact) mass is 331 g/mol. The van der Waals surface area contributed by atoms with E-state index in [1.54, 1.807) is 18.2 Å². The number of amides is 2. The Balaban J connectivity index is 2.09. The second-order valence-electron chi connectivity index (χ2n) is 5.30. The number of carbonyl (C=O) groups is 2. The number of nitrogens with two attached hydrogens (primary N) is 1. The van der Waals surface area contributed by atoms with Gasteiger partial charge in [0, 0.05) is 19.2 Å². The molecular weight excluding hydrogens is 315 g/mol. The van der Waals surface area contributed by atoms with Gasteiger partial charge in [0.15, 0.2) is 0 Å². The van der Waals surface area contributed by atoms with Crippen LogP contribution in [0.1, 0.15) is 5.69 Å². The lowest BCUT2D eigenvalue weighted by Gasteiger charge is -2.18. The molecule has 2 rings (SSSR count). The number of hydrogen-bond donors (Lipinski definition) is 1. The van der Waals surface area contributed by atoms with Crippen molar-refractivity contribution < 1.29 is 27.5 Å². The summed E-state index contributed by atoms with van der Waals surface area (Å²) in [5.74, 6) is -4.63. The van der Waals surface area contributed by atoms with Gasteiger partial charge in [-0.25, -0.2) is 4.98 Å². The molecule has 2 N–H and O–H groups in total. The van der Waals surface area contributed by atoms with Crippen LogP contribution in [0, 0.1) is 11.8 Å². The number of halogens is 3. The van der Waals surface area contributed by atoms with Crippen LogP contribution in [-0.2, 0) is 16.0 Å². The van der Waals surface area contributed by atoms with E-state index in [1.807, 2.05) is 0 Å². The minimum atomic E-state index is -4.58. The van der Waals surface area contributed by atoms with Gasteiger partial charge >= 0.3 is 6.18 Å². The van der Waals surface area contributed by atoms with Gasteiger partial charge in [0.2, 0.25) is 17.7 Å². The smallest absolute Gasteiger partial charge is 0.394 e. The molecule has 1 fully saturated rings. The van der Waals surface area contributed by atoms with Gasteiger partial charge in [0.25, 0.3) is 0 Å². The zero-order valence-corrected chi connectivity index (χ0v) is 12.3. The summed E-state index contributed by atoms with van der Waals surface area (Å²) in [6, 6.07) is 4.79. The largest absolute Gasteiger partial charge is 0.481 e. The predicted octanol–water partition coefficient (Wildman–Crippen LogP) is 0.755. The number of rotatable bonds is 4. The van der Waals surface area contributed by atoms with Crippen molar-refractivity contribution in [2.24, 2.45) is 17.6 Å². The van der Waals surface area contributed by atoms with Gasteiger partial charge in [-0.3, -0.25) is 9.59 Å². The predicted molar refractivity (Wildman–Crippen MR) is 73.3 cm³/mol.